The second-order valence-corrected chi connectivity index (χ2v) is 4.41. The number of hydrogen-bond donors (Lipinski definition) is 1. The van der Waals surface area contributed by atoms with E-state index in [1.54, 1.807) is 0 Å². The van der Waals surface area contributed by atoms with Crippen molar-refractivity contribution in [2.45, 2.75) is 39.2 Å². The first-order valence-electron chi connectivity index (χ1n) is 6.02. The summed E-state index contributed by atoms with van der Waals surface area (Å²) in [5, 5.41) is 3.21. The maximum absolute atomic E-state index is 11.7. The van der Waals surface area contributed by atoms with Crippen LogP contribution in [-0.2, 0) is 9.53 Å². The van der Waals surface area contributed by atoms with Crippen LogP contribution < -0.4 is 5.32 Å². The summed E-state index contributed by atoms with van der Waals surface area (Å²) in [7, 11) is 3.51. The number of esters is 1. The molecule has 0 radical (unpaired) electrons. The molecule has 0 saturated carbocycles. The van der Waals surface area contributed by atoms with Gasteiger partial charge in [-0.1, -0.05) is 13.8 Å². The van der Waals surface area contributed by atoms with Crippen molar-refractivity contribution in [3.8, 4) is 0 Å². The van der Waals surface area contributed by atoms with Gasteiger partial charge in [0.2, 0.25) is 0 Å². The number of likely N-dealkylation sites (N-methyl/N-ethyl adjacent to an activating group) is 1. The van der Waals surface area contributed by atoms with Crippen molar-refractivity contribution in [1.82, 2.24) is 10.2 Å². The lowest BCUT2D eigenvalue weighted by Gasteiger charge is -2.29. The molecule has 0 aliphatic carbocycles. The quantitative estimate of drug-likeness (QED) is 0.637. The van der Waals surface area contributed by atoms with Crippen molar-refractivity contribution in [2.24, 2.45) is 0 Å². The maximum atomic E-state index is 11.7. The smallest absolute Gasteiger partial charge is 0.325 e. The summed E-state index contributed by atoms with van der Waals surface area (Å²) in [6, 6.07) is 0. The summed E-state index contributed by atoms with van der Waals surface area (Å²) in [4.78, 5) is 13.9. The van der Waals surface area contributed by atoms with Crippen LogP contribution in [0.15, 0.2) is 0 Å². The summed E-state index contributed by atoms with van der Waals surface area (Å²) < 4.78 is 4.84. The van der Waals surface area contributed by atoms with Crippen molar-refractivity contribution < 1.29 is 9.53 Å². The van der Waals surface area contributed by atoms with Crippen LogP contribution in [0.3, 0.4) is 0 Å². The highest BCUT2D eigenvalue weighted by atomic mass is 16.5. The van der Waals surface area contributed by atoms with Gasteiger partial charge in [-0.2, -0.15) is 0 Å². The molecule has 0 aliphatic heterocycles. The normalized spacial score (nSPS) is 14.9. The van der Waals surface area contributed by atoms with Gasteiger partial charge in [0.25, 0.3) is 0 Å². The Morgan fingerprint density at radius 1 is 1.38 bits per heavy atom. The Hall–Kier alpha value is -0.610. The molecule has 0 saturated heterocycles. The van der Waals surface area contributed by atoms with Gasteiger partial charge < -0.3 is 15.0 Å². The average molecular weight is 230 g/mol. The maximum Gasteiger partial charge on any atom is 0.325 e. The third kappa shape index (κ3) is 4.94. The molecule has 0 spiro atoms. The molecule has 0 fully saturated rings. The van der Waals surface area contributed by atoms with Crippen LogP contribution in [0.5, 0.6) is 0 Å². The van der Waals surface area contributed by atoms with Gasteiger partial charge in [-0.05, 0) is 39.9 Å². The number of nitrogens with zero attached hydrogens (tertiary/aromatic N) is 1. The van der Waals surface area contributed by atoms with Crippen LogP contribution in [0.25, 0.3) is 0 Å². The summed E-state index contributed by atoms with van der Waals surface area (Å²) >= 11 is 0. The van der Waals surface area contributed by atoms with Crippen LogP contribution in [0, 0.1) is 0 Å². The molecule has 0 aromatic heterocycles. The summed E-state index contributed by atoms with van der Waals surface area (Å²) in [5.74, 6) is -0.181. The van der Waals surface area contributed by atoms with Crippen LogP contribution >= 0.6 is 0 Å². The predicted molar refractivity (Wildman–Crippen MR) is 66.5 cm³/mol. The zero-order valence-electron chi connectivity index (χ0n) is 11.3. The SMILES string of the molecule is CCCN(C)CCC(C)(NCC)C(=O)OC. The highest BCUT2D eigenvalue weighted by Crippen LogP contribution is 2.12. The lowest BCUT2D eigenvalue weighted by molar-refractivity contribution is -0.148. The lowest BCUT2D eigenvalue weighted by atomic mass is 9.97. The molecule has 0 heterocycles. The second kappa shape index (κ2) is 7.63. The topological polar surface area (TPSA) is 41.6 Å². The molecule has 0 aliphatic rings. The Bertz CT molecular complexity index is 209. The highest BCUT2D eigenvalue weighted by Gasteiger charge is 2.33. The lowest BCUT2D eigenvalue weighted by Crippen LogP contribution is -2.51. The van der Waals surface area contributed by atoms with E-state index in [1.807, 2.05) is 13.8 Å². The van der Waals surface area contributed by atoms with E-state index in [2.05, 4.69) is 24.2 Å². The van der Waals surface area contributed by atoms with Gasteiger partial charge in [-0.15, -0.1) is 0 Å². The average Bonchev–Trinajstić information content (AvgIpc) is 2.26. The Morgan fingerprint density at radius 3 is 2.44 bits per heavy atom. The molecule has 0 aromatic carbocycles. The standard InChI is InChI=1S/C12H26N2O2/c1-6-9-14(4)10-8-12(3,13-7-2)11(15)16-5/h13H,6-10H2,1-5H3. The first kappa shape index (κ1) is 15.4. The predicted octanol–water partition coefficient (Wildman–Crippen LogP) is 1.26. The zero-order valence-corrected chi connectivity index (χ0v) is 11.3. The van der Waals surface area contributed by atoms with E-state index in [-0.39, 0.29) is 5.97 Å². The monoisotopic (exact) mass is 230 g/mol. The number of hydrogen-bond acceptors (Lipinski definition) is 4. The molecule has 1 atom stereocenters. The molecule has 0 rings (SSSR count). The number of carbonyl (C=O) groups excluding carboxylic acids is 1. The van der Waals surface area contributed by atoms with E-state index in [4.69, 9.17) is 4.74 Å². The number of methoxy groups -OCH3 is 1. The molecule has 4 heteroatoms. The van der Waals surface area contributed by atoms with Crippen molar-refractivity contribution in [3.63, 3.8) is 0 Å². The van der Waals surface area contributed by atoms with Crippen LogP contribution in [0.1, 0.15) is 33.6 Å². The van der Waals surface area contributed by atoms with Gasteiger partial charge in [-0.3, -0.25) is 4.79 Å². The zero-order chi connectivity index (χ0) is 12.6. The first-order chi connectivity index (χ1) is 7.50. The number of carbonyl (C=O) groups is 1. The molecule has 0 aromatic rings. The molecule has 4 nitrogen and oxygen atoms in total. The molecule has 1 unspecified atom stereocenters. The van der Waals surface area contributed by atoms with Crippen molar-refractivity contribution >= 4 is 5.97 Å². The minimum absolute atomic E-state index is 0.181. The van der Waals surface area contributed by atoms with Gasteiger partial charge in [0, 0.05) is 6.54 Å². The van der Waals surface area contributed by atoms with E-state index in [0.29, 0.717) is 0 Å². The number of rotatable bonds is 8. The highest BCUT2D eigenvalue weighted by molar-refractivity contribution is 5.80. The minimum Gasteiger partial charge on any atom is -0.468 e. The minimum atomic E-state index is -0.564. The van der Waals surface area contributed by atoms with Gasteiger partial charge in [0.05, 0.1) is 7.11 Å². The fourth-order valence-corrected chi connectivity index (χ4v) is 1.79. The molecule has 1 N–H and O–H groups in total. The van der Waals surface area contributed by atoms with E-state index in [0.717, 1.165) is 32.5 Å². The third-order valence-corrected chi connectivity index (χ3v) is 2.80. The van der Waals surface area contributed by atoms with Crippen LogP contribution in [0.2, 0.25) is 0 Å². The van der Waals surface area contributed by atoms with Gasteiger partial charge >= 0.3 is 5.97 Å². The Morgan fingerprint density at radius 2 is 2.00 bits per heavy atom. The Labute approximate surface area is 99.3 Å². The summed E-state index contributed by atoms with van der Waals surface area (Å²) in [6.07, 6.45) is 1.90. The fourth-order valence-electron chi connectivity index (χ4n) is 1.79. The van der Waals surface area contributed by atoms with E-state index in [1.165, 1.54) is 7.11 Å². The van der Waals surface area contributed by atoms with E-state index >= 15 is 0 Å². The summed E-state index contributed by atoms with van der Waals surface area (Å²) in [6.45, 7) is 8.78. The number of nitrogens with one attached hydrogen (secondary N) is 1. The fraction of sp³-hybridized carbons (Fsp3) is 0.917. The molecule has 96 valence electrons. The third-order valence-electron chi connectivity index (χ3n) is 2.80. The molecular weight excluding hydrogens is 204 g/mol. The Kier molecular flexibility index (Phi) is 7.34. The largest absolute Gasteiger partial charge is 0.468 e. The van der Waals surface area contributed by atoms with Crippen LogP contribution in [0.4, 0.5) is 0 Å². The molecule has 0 bridgehead atoms. The van der Waals surface area contributed by atoms with Crippen molar-refractivity contribution in [3.05, 3.63) is 0 Å². The van der Waals surface area contributed by atoms with Gasteiger partial charge in [-0.25, -0.2) is 0 Å². The van der Waals surface area contributed by atoms with Crippen LogP contribution in [-0.4, -0.2) is 50.2 Å². The van der Waals surface area contributed by atoms with Crippen molar-refractivity contribution in [2.75, 3.05) is 33.8 Å². The Balaban J connectivity index is 4.27. The molecule has 16 heavy (non-hydrogen) atoms. The van der Waals surface area contributed by atoms with E-state index in [9.17, 15) is 4.79 Å². The van der Waals surface area contributed by atoms with Crippen molar-refractivity contribution in [1.29, 1.82) is 0 Å². The number of ether oxygens (including phenoxy) is 1. The first-order valence-corrected chi connectivity index (χ1v) is 6.02. The molecular formula is C12H26N2O2. The summed E-state index contributed by atoms with van der Waals surface area (Å²) in [5.41, 5.74) is -0.564. The second-order valence-electron chi connectivity index (χ2n) is 4.41. The van der Waals surface area contributed by atoms with Gasteiger partial charge in [0.1, 0.15) is 5.54 Å². The van der Waals surface area contributed by atoms with E-state index < -0.39 is 5.54 Å². The van der Waals surface area contributed by atoms with Gasteiger partial charge in [0.15, 0.2) is 0 Å². The molecule has 0 amide bonds.